The molecule has 0 amide bonds. The van der Waals surface area contributed by atoms with Crippen molar-refractivity contribution in [3.05, 3.63) is 65.5 Å². The second kappa shape index (κ2) is 6.11. The Hall–Kier alpha value is -2.62. The van der Waals surface area contributed by atoms with E-state index in [0.717, 1.165) is 24.9 Å². The van der Waals surface area contributed by atoms with Crippen LogP contribution in [0.2, 0.25) is 0 Å². The quantitative estimate of drug-likeness (QED) is 0.710. The summed E-state index contributed by atoms with van der Waals surface area (Å²) in [5.74, 6) is 1.25. The molecule has 0 saturated heterocycles. The van der Waals surface area contributed by atoms with Crippen LogP contribution in [0, 0.1) is 6.92 Å². The summed E-state index contributed by atoms with van der Waals surface area (Å²) in [6.45, 7) is 5.22. The maximum Gasteiger partial charge on any atom is 0.247 e. The van der Waals surface area contributed by atoms with E-state index in [4.69, 9.17) is 4.42 Å². The highest BCUT2D eigenvalue weighted by molar-refractivity contribution is 5.57. The van der Waals surface area contributed by atoms with E-state index in [9.17, 15) is 0 Å². The topological polar surface area (TPSA) is 42.2 Å². The molecule has 1 aliphatic rings. The molecule has 24 heavy (non-hydrogen) atoms. The van der Waals surface area contributed by atoms with Gasteiger partial charge in [0.2, 0.25) is 11.8 Å². The summed E-state index contributed by atoms with van der Waals surface area (Å²) in [6, 6.07) is 16.8. The predicted octanol–water partition coefficient (Wildman–Crippen LogP) is 4.56. The van der Waals surface area contributed by atoms with Crippen molar-refractivity contribution in [1.29, 1.82) is 0 Å². The summed E-state index contributed by atoms with van der Waals surface area (Å²) in [7, 11) is 0. The highest BCUT2D eigenvalue weighted by atomic mass is 16.4. The van der Waals surface area contributed by atoms with Crippen LogP contribution in [-0.4, -0.2) is 16.7 Å². The summed E-state index contributed by atoms with van der Waals surface area (Å²) in [6.07, 6.45) is 2.29. The summed E-state index contributed by atoms with van der Waals surface area (Å²) >= 11 is 0. The molecule has 1 atom stereocenters. The normalized spacial score (nSPS) is 15.2. The van der Waals surface area contributed by atoms with Gasteiger partial charge in [0.05, 0.1) is 0 Å². The Bertz CT molecular complexity index is 838. The van der Waals surface area contributed by atoms with Gasteiger partial charge >= 0.3 is 0 Å². The summed E-state index contributed by atoms with van der Waals surface area (Å²) in [5, 5.41) is 8.55. The van der Waals surface area contributed by atoms with E-state index in [1.54, 1.807) is 0 Å². The van der Waals surface area contributed by atoms with Crippen LogP contribution in [0.1, 0.15) is 36.4 Å². The van der Waals surface area contributed by atoms with Crippen molar-refractivity contribution >= 4 is 5.69 Å². The highest BCUT2D eigenvalue weighted by Gasteiger charge is 2.26. The third-order valence-electron chi connectivity index (χ3n) is 4.71. The largest absolute Gasteiger partial charge is 0.418 e. The molecule has 0 bridgehead atoms. The second-order valence-electron chi connectivity index (χ2n) is 6.41. The van der Waals surface area contributed by atoms with Crippen molar-refractivity contribution in [2.24, 2.45) is 0 Å². The molecule has 0 radical (unpaired) electrons. The van der Waals surface area contributed by atoms with Crippen LogP contribution in [0.15, 0.2) is 52.9 Å². The van der Waals surface area contributed by atoms with Gasteiger partial charge in [0.25, 0.3) is 0 Å². The van der Waals surface area contributed by atoms with Gasteiger partial charge < -0.3 is 9.32 Å². The first-order valence-corrected chi connectivity index (χ1v) is 8.47. The minimum absolute atomic E-state index is 0.0677. The minimum atomic E-state index is 0.0677. The zero-order chi connectivity index (χ0) is 16.5. The van der Waals surface area contributed by atoms with Crippen LogP contribution < -0.4 is 4.90 Å². The molecule has 1 unspecified atom stereocenters. The lowest BCUT2D eigenvalue weighted by molar-refractivity contribution is 0.449. The Morgan fingerprint density at radius 3 is 2.67 bits per heavy atom. The molecule has 4 nitrogen and oxygen atoms in total. The number of aryl methyl sites for hydroxylation is 2. The minimum Gasteiger partial charge on any atom is -0.418 e. The third kappa shape index (κ3) is 2.68. The van der Waals surface area contributed by atoms with Crippen molar-refractivity contribution in [2.75, 3.05) is 11.4 Å². The Morgan fingerprint density at radius 1 is 1.04 bits per heavy atom. The average molecular weight is 319 g/mol. The maximum absolute atomic E-state index is 5.98. The van der Waals surface area contributed by atoms with Gasteiger partial charge in [-0.15, -0.1) is 10.2 Å². The first-order valence-electron chi connectivity index (χ1n) is 8.47. The fourth-order valence-corrected chi connectivity index (χ4v) is 3.31. The molecule has 0 spiro atoms. The van der Waals surface area contributed by atoms with E-state index in [-0.39, 0.29) is 6.04 Å². The Labute approximate surface area is 142 Å². The number of anilines is 1. The molecule has 3 aromatic rings. The van der Waals surface area contributed by atoms with Gasteiger partial charge in [0, 0.05) is 17.8 Å². The van der Waals surface area contributed by atoms with Gasteiger partial charge in [-0.3, -0.25) is 0 Å². The second-order valence-corrected chi connectivity index (χ2v) is 6.41. The van der Waals surface area contributed by atoms with E-state index in [1.807, 2.05) is 12.1 Å². The van der Waals surface area contributed by atoms with Crippen molar-refractivity contribution in [3.63, 3.8) is 0 Å². The predicted molar refractivity (Wildman–Crippen MR) is 95.0 cm³/mol. The molecule has 4 rings (SSSR count). The summed E-state index contributed by atoms with van der Waals surface area (Å²) in [5.41, 5.74) is 4.86. The van der Waals surface area contributed by atoms with Crippen LogP contribution in [0.3, 0.4) is 0 Å². The lowest BCUT2D eigenvalue weighted by atomic mass is 10.0. The van der Waals surface area contributed by atoms with Gasteiger partial charge in [-0.1, -0.05) is 35.9 Å². The van der Waals surface area contributed by atoms with Crippen molar-refractivity contribution < 1.29 is 4.42 Å². The number of fused-ring (bicyclic) bond motifs is 1. The Kier molecular flexibility index (Phi) is 3.81. The van der Waals surface area contributed by atoms with Gasteiger partial charge in [-0.25, -0.2) is 0 Å². The molecule has 0 N–H and O–H groups in total. The van der Waals surface area contributed by atoms with Crippen LogP contribution in [0.25, 0.3) is 11.5 Å². The number of para-hydroxylation sites is 1. The number of hydrogen-bond donors (Lipinski definition) is 0. The zero-order valence-corrected chi connectivity index (χ0v) is 14.1. The Morgan fingerprint density at radius 2 is 1.83 bits per heavy atom. The summed E-state index contributed by atoms with van der Waals surface area (Å²) in [4.78, 5) is 2.37. The first kappa shape index (κ1) is 14.9. The van der Waals surface area contributed by atoms with Gasteiger partial charge in [-0.2, -0.15) is 0 Å². The maximum atomic E-state index is 5.98. The SMILES string of the molecule is Cc1ccc(-c2nnc(C(C)N3CCCc4ccccc43)o2)cc1. The summed E-state index contributed by atoms with van der Waals surface area (Å²) < 4.78 is 5.98. The highest BCUT2D eigenvalue weighted by Crippen LogP contribution is 2.34. The molecular weight excluding hydrogens is 298 g/mol. The number of nitrogens with zero attached hydrogens (tertiary/aromatic N) is 3. The van der Waals surface area contributed by atoms with Crippen LogP contribution in [0.4, 0.5) is 5.69 Å². The third-order valence-corrected chi connectivity index (χ3v) is 4.71. The van der Waals surface area contributed by atoms with Crippen molar-refractivity contribution in [2.45, 2.75) is 32.7 Å². The van der Waals surface area contributed by atoms with E-state index < -0.39 is 0 Å². The number of rotatable bonds is 3. The van der Waals surface area contributed by atoms with Crippen LogP contribution >= 0.6 is 0 Å². The average Bonchev–Trinajstić information content (AvgIpc) is 3.11. The molecular formula is C20H21N3O. The fraction of sp³-hybridized carbons (Fsp3) is 0.300. The van der Waals surface area contributed by atoms with E-state index >= 15 is 0 Å². The zero-order valence-electron chi connectivity index (χ0n) is 14.1. The molecule has 1 aliphatic heterocycles. The van der Waals surface area contributed by atoms with Gasteiger partial charge in [0.1, 0.15) is 6.04 Å². The van der Waals surface area contributed by atoms with Crippen LogP contribution in [0.5, 0.6) is 0 Å². The van der Waals surface area contributed by atoms with E-state index in [2.05, 4.69) is 65.3 Å². The molecule has 4 heteroatoms. The lowest BCUT2D eigenvalue weighted by Crippen LogP contribution is -2.32. The van der Waals surface area contributed by atoms with Crippen molar-refractivity contribution in [1.82, 2.24) is 10.2 Å². The molecule has 2 heterocycles. The van der Waals surface area contributed by atoms with E-state index in [1.165, 1.54) is 16.8 Å². The van der Waals surface area contributed by atoms with Gasteiger partial charge in [0.15, 0.2) is 0 Å². The monoisotopic (exact) mass is 319 g/mol. The van der Waals surface area contributed by atoms with Crippen LogP contribution in [-0.2, 0) is 6.42 Å². The Balaban J connectivity index is 1.62. The molecule has 1 aromatic heterocycles. The smallest absolute Gasteiger partial charge is 0.247 e. The molecule has 0 saturated carbocycles. The number of benzene rings is 2. The first-order chi connectivity index (χ1) is 11.7. The molecule has 0 fully saturated rings. The number of hydrogen-bond acceptors (Lipinski definition) is 4. The van der Waals surface area contributed by atoms with Gasteiger partial charge in [-0.05, 0) is 50.5 Å². The fourth-order valence-electron chi connectivity index (χ4n) is 3.31. The number of aromatic nitrogens is 2. The van der Waals surface area contributed by atoms with Crippen molar-refractivity contribution in [3.8, 4) is 11.5 Å². The molecule has 122 valence electrons. The molecule has 2 aromatic carbocycles. The standard InChI is InChI=1S/C20H21N3O/c1-14-9-11-17(12-10-14)20-22-21-19(24-20)15(2)23-13-5-7-16-6-3-4-8-18(16)23/h3-4,6,8-12,15H,5,7,13H2,1-2H3. The molecule has 0 aliphatic carbocycles. The lowest BCUT2D eigenvalue weighted by Gasteiger charge is -2.34. The van der Waals surface area contributed by atoms with E-state index in [0.29, 0.717) is 11.8 Å².